The molecule has 0 atom stereocenters. The Kier molecular flexibility index (Phi) is 5.42. The van der Waals surface area contributed by atoms with Gasteiger partial charge in [-0.05, 0) is 25.1 Å². The predicted octanol–water partition coefficient (Wildman–Crippen LogP) is 1.97. The highest BCUT2D eigenvalue weighted by molar-refractivity contribution is 6.29. The maximum absolute atomic E-state index is 12.6. The van der Waals surface area contributed by atoms with E-state index in [4.69, 9.17) is 11.6 Å². The highest BCUT2D eigenvalue weighted by Crippen LogP contribution is 2.18. The Bertz CT molecular complexity index is 498. The summed E-state index contributed by atoms with van der Waals surface area (Å²) in [5.74, 6) is 0.744. The molecule has 1 saturated heterocycles. The van der Waals surface area contributed by atoms with Crippen LogP contribution in [0.5, 0.6) is 0 Å². The van der Waals surface area contributed by atoms with E-state index in [1.54, 1.807) is 12.1 Å². The number of carbonyl (C=O) groups excluding carboxylic acids is 1. The highest BCUT2D eigenvalue weighted by atomic mass is 35.5. The molecule has 0 N–H and O–H groups in total. The highest BCUT2D eigenvalue weighted by Gasteiger charge is 2.22. The number of hydrogen-bond acceptors (Lipinski definition) is 4. The second kappa shape index (κ2) is 7.09. The summed E-state index contributed by atoms with van der Waals surface area (Å²) in [7, 11) is 3.77. The van der Waals surface area contributed by atoms with Gasteiger partial charge in [-0.25, -0.2) is 4.98 Å². The Morgan fingerprint density at radius 3 is 2.52 bits per heavy atom. The third-order valence-electron chi connectivity index (χ3n) is 3.69. The summed E-state index contributed by atoms with van der Waals surface area (Å²) in [4.78, 5) is 22.9. The average molecular weight is 311 g/mol. The van der Waals surface area contributed by atoms with Gasteiger partial charge in [0, 0.05) is 45.8 Å². The van der Waals surface area contributed by atoms with Gasteiger partial charge >= 0.3 is 0 Å². The Morgan fingerprint density at radius 1 is 1.29 bits per heavy atom. The summed E-state index contributed by atoms with van der Waals surface area (Å²) >= 11 is 6.02. The molecule has 1 aliphatic rings. The van der Waals surface area contributed by atoms with E-state index in [1.807, 2.05) is 23.9 Å². The number of aromatic nitrogens is 1. The SMILES string of the molecule is CCCN1CCN(C(=O)c2cc(Cl)nc(N(C)C)c2)CC1. The molecule has 5 nitrogen and oxygen atoms in total. The van der Waals surface area contributed by atoms with Crippen LogP contribution >= 0.6 is 11.6 Å². The second-order valence-electron chi connectivity index (χ2n) is 5.57. The Labute approximate surface area is 131 Å². The Hall–Kier alpha value is -1.33. The number of hydrogen-bond donors (Lipinski definition) is 0. The average Bonchev–Trinajstić information content (AvgIpc) is 2.47. The molecule has 6 heteroatoms. The van der Waals surface area contributed by atoms with Gasteiger partial charge < -0.3 is 9.80 Å². The molecule has 0 saturated carbocycles. The van der Waals surface area contributed by atoms with Crippen molar-refractivity contribution < 1.29 is 4.79 Å². The first kappa shape index (κ1) is 16.0. The maximum Gasteiger partial charge on any atom is 0.254 e. The molecule has 0 aliphatic carbocycles. The molecule has 21 heavy (non-hydrogen) atoms. The molecule has 1 aromatic rings. The summed E-state index contributed by atoms with van der Waals surface area (Å²) < 4.78 is 0. The van der Waals surface area contributed by atoms with Gasteiger partial charge in [0.2, 0.25) is 0 Å². The van der Waals surface area contributed by atoms with Gasteiger partial charge in [-0.15, -0.1) is 0 Å². The van der Waals surface area contributed by atoms with Crippen LogP contribution in [0, 0.1) is 0 Å². The van der Waals surface area contributed by atoms with Gasteiger partial charge in [-0.3, -0.25) is 9.69 Å². The molecular weight excluding hydrogens is 288 g/mol. The lowest BCUT2D eigenvalue weighted by Gasteiger charge is -2.34. The summed E-state index contributed by atoms with van der Waals surface area (Å²) in [6.07, 6.45) is 1.15. The molecule has 0 bridgehead atoms. The topological polar surface area (TPSA) is 39.7 Å². The first-order valence-electron chi connectivity index (χ1n) is 7.37. The van der Waals surface area contributed by atoms with E-state index in [0.717, 1.165) is 39.1 Å². The van der Waals surface area contributed by atoms with Crippen molar-refractivity contribution >= 4 is 23.3 Å². The molecule has 0 spiro atoms. The monoisotopic (exact) mass is 310 g/mol. The fraction of sp³-hybridized carbons (Fsp3) is 0.600. The smallest absolute Gasteiger partial charge is 0.254 e. The zero-order chi connectivity index (χ0) is 15.4. The van der Waals surface area contributed by atoms with Crippen LogP contribution in [0.3, 0.4) is 0 Å². The van der Waals surface area contributed by atoms with Crippen LogP contribution in [0.15, 0.2) is 12.1 Å². The fourth-order valence-electron chi connectivity index (χ4n) is 2.51. The molecular formula is C15H23ClN4O. The van der Waals surface area contributed by atoms with Gasteiger partial charge in [0.25, 0.3) is 5.91 Å². The number of amides is 1. The van der Waals surface area contributed by atoms with Crippen molar-refractivity contribution in [2.75, 3.05) is 51.7 Å². The van der Waals surface area contributed by atoms with Crippen molar-refractivity contribution in [3.8, 4) is 0 Å². The summed E-state index contributed by atoms with van der Waals surface area (Å²) in [6.45, 7) is 6.72. The first-order valence-corrected chi connectivity index (χ1v) is 7.75. The Morgan fingerprint density at radius 2 is 1.95 bits per heavy atom. The van der Waals surface area contributed by atoms with Crippen LogP contribution in [-0.2, 0) is 0 Å². The largest absolute Gasteiger partial charge is 0.363 e. The van der Waals surface area contributed by atoms with Gasteiger partial charge in [0.1, 0.15) is 11.0 Å². The van der Waals surface area contributed by atoms with E-state index < -0.39 is 0 Å². The van der Waals surface area contributed by atoms with E-state index in [1.165, 1.54) is 0 Å². The van der Waals surface area contributed by atoms with Gasteiger partial charge in [0.15, 0.2) is 0 Å². The van der Waals surface area contributed by atoms with Gasteiger partial charge in [0.05, 0.1) is 0 Å². The molecule has 1 fully saturated rings. The number of pyridine rings is 1. The van der Waals surface area contributed by atoms with E-state index in [9.17, 15) is 4.79 Å². The van der Waals surface area contributed by atoms with E-state index >= 15 is 0 Å². The van der Waals surface area contributed by atoms with Crippen molar-refractivity contribution in [2.45, 2.75) is 13.3 Å². The minimum absolute atomic E-state index is 0.0403. The van der Waals surface area contributed by atoms with Crippen LogP contribution in [0.25, 0.3) is 0 Å². The number of carbonyl (C=O) groups is 1. The molecule has 116 valence electrons. The number of rotatable bonds is 4. The van der Waals surface area contributed by atoms with Crippen molar-refractivity contribution in [3.05, 3.63) is 22.8 Å². The Balaban J connectivity index is 2.07. The van der Waals surface area contributed by atoms with Crippen molar-refractivity contribution in [1.82, 2.24) is 14.8 Å². The van der Waals surface area contributed by atoms with Crippen LogP contribution in [-0.4, -0.2) is 67.5 Å². The summed E-state index contributed by atoms with van der Waals surface area (Å²) in [5.41, 5.74) is 0.614. The van der Waals surface area contributed by atoms with E-state index in [-0.39, 0.29) is 5.91 Å². The molecule has 1 aliphatic heterocycles. The second-order valence-corrected chi connectivity index (χ2v) is 5.95. The summed E-state index contributed by atoms with van der Waals surface area (Å²) in [5, 5.41) is 0.356. The third-order valence-corrected chi connectivity index (χ3v) is 3.88. The molecule has 2 heterocycles. The predicted molar refractivity (Wildman–Crippen MR) is 86.2 cm³/mol. The van der Waals surface area contributed by atoms with Crippen LogP contribution < -0.4 is 4.90 Å². The van der Waals surface area contributed by atoms with Gasteiger partial charge in [-0.1, -0.05) is 18.5 Å². The standard InChI is InChI=1S/C15H23ClN4O/c1-4-5-19-6-8-20(9-7-19)15(21)12-10-13(16)17-14(11-12)18(2)3/h10-11H,4-9H2,1-3H3. The van der Waals surface area contributed by atoms with E-state index in [2.05, 4.69) is 16.8 Å². The van der Waals surface area contributed by atoms with Crippen molar-refractivity contribution in [2.24, 2.45) is 0 Å². The molecule has 0 unspecified atom stereocenters. The van der Waals surface area contributed by atoms with Crippen molar-refractivity contribution in [3.63, 3.8) is 0 Å². The minimum Gasteiger partial charge on any atom is -0.363 e. The fourth-order valence-corrected chi connectivity index (χ4v) is 2.71. The lowest BCUT2D eigenvalue weighted by molar-refractivity contribution is 0.0637. The quantitative estimate of drug-likeness (QED) is 0.797. The number of nitrogens with zero attached hydrogens (tertiary/aromatic N) is 4. The lowest BCUT2D eigenvalue weighted by Crippen LogP contribution is -2.48. The maximum atomic E-state index is 12.6. The number of anilines is 1. The summed E-state index contributed by atoms with van der Waals surface area (Å²) in [6, 6.07) is 3.45. The zero-order valence-electron chi connectivity index (χ0n) is 13.0. The molecule has 0 radical (unpaired) electrons. The minimum atomic E-state index is 0.0403. The van der Waals surface area contributed by atoms with E-state index in [0.29, 0.717) is 16.5 Å². The third kappa shape index (κ3) is 4.08. The molecule has 1 amide bonds. The van der Waals surface area contributed by atoms with Crippen LogP contribution in [0.2, 0.25) is 5.15 Å². The molecule has 1 aromatic heterocycles. The number of halogens is 1. The lowest BCUT2D eigenvalue weighted by atomic mass is 10.2. The van der Waals surface area contributed by atoms with Crippen molar-refractivity contribution in [1.29, 1.82) is 0 Å². The zero-order valence-corrected chi connectivity index (χ0v) is 13.7. The van der Waals surface area contributed by atoms with Gasteiger partial charge in [-0.2, -0.15) is 0 Å². The number of piperazine rings is 1. The molecule has 0 aromatic carbocycles. The normalized spacial score (nSPS) is 16.1. The van der Waals surface area contributed by atoms with Crippen LogP contribution in [0.1, 0.15) is 23.7 Å². The van der Waals surface area contributed by atoms with Crippen LogP contribution in [0.4, 0.5) is 5.82 Å². The molecule has 2 rings (SSSR count). The first-order chi connectivity index (χ1) is 10.0.